The van der Waals surface area contributed by atoms with Crippen molar-refractivity contribution in [1.82, 2.24) is 25.0 Å². The normalized spacial score (nSPS) is 24.4. The number of hydrogen-bond donors (Lipinski definition) is 1. The third kappa shape index (κ3) is 3.65. The zero-order valence-corrected chi connectivity index (χ0v) is 17.3. The van der Waals surface area contributed by atoms with Crippen molar-refractivity contribution in [2.75, 3.05) is 26.2 Å². The van der Waals surface area contributed by atoms with Gasteiger partial charge in [0, 0.05) is 19.0 Å². The van der Waals surface area contributed by atoms with Crippen LogP contribution in [0.4, 0.5) is 0 Å². The minimum atomic E-state index is -0.0457. The van der Waals surface area contributed by atoms with Gasteiger partial charge in [0.25, 0.3) is 5.91 Å². The van der Waals surface area contributed by atoms with Crippen molar-refractivity contribution < 1.29 is 4.79 Å². The molecule has 28 heavy (non-hydrogen) atoms. The number of para-hydroxylation sites is 1. The fraction of sp³-hybridized carbons (Fsp3) is 0.550. The molecule has 1 aliphatic carbocycles. The van der Waals surface area contributed by atoms with Crippen molar-refractivity contribution in [2.24, 2.45) is 11.8 Å². The molecule has 2 aliphatic heterocycles. The summed E-state index contributed by atoms with van der Waals surface area (Å²) in [5, 5.41) is 8.70. The van der Waals surface area contributed by atoms with Crippen molar-refractivity contribution in [3.05, 3.63) is 40.9 Å². The van der Waals surface area contributed by atoms with Gasteiger partial charge in [0.05, 0.1) is 10.7 Å². The zero-order chi connectivity index (χ0) is 18.4. The Balaban J connectivity index is 0.00000192. The van der Waals surface area contributed by atoms with Crippen LogP contribution < -0.4 is 5.32 Å². The Hall–Kier alpha value is -1.63. The third-order valence-electron chi connectivity index (χ3n) is 6.15. The molecule has 1 amide bonds. The largest absolute Gasteiger partial charge is 0.336 e. The minimum Gasteiger partial charge on any atom is -0.336 e. The summed E-state index contributed by atoms with van der Waals surface area (Å²) in [4.78, 5) is 19.7. The number of rotatable bonds is 3. The maximum absolute atomic E-state index is 13.1. The number of amides is 1. The molecule has 2 aromatic rings. The molecule has 150 valence electrons. The van der Waals surface area contributed by atoms with Crippen molar-refractivity contribution in [1.29, 1.82) is 0 Å². The number of likely N-dealkylation sites (tertiary alicyclic amines) is 1. The average Bonchev–Trinajstić information content (AvgIpc) is 3.34. The van der Waals surface area contributed by atoms with Crippen LogP contribution in [-0.4, -0.2) is 51.8 Å². The molecule has 1 N–H and O–H groups in total. The molecule has 6 nitrogen and oxygen atoms in total. The van der Waals surface area contributed by atoms with Crippen LogP contribution >= 0.6 is 24.0 Å². The SMILES string of the molecule is Cl.O=C(c1nc(C2CC2)n(-c2ccccc2Cl)n1)N1CC[C@@H]2CNC[C@@H]2CC1. The van der Waals surface area contributed by atoms with E-state index in [1.54, 1.807) is 4.68 Å². The highest BCUT2D eigenvalue weighted by molar-refractivity contribution is 6.32. The van der Waals surface area contributed by atoms with Crippen LogP contribution in [0.2, 0.25) is 5.02 Å². The molecule has 0 spiro atoms. The van der Waals surface area contributed by atoms with E-state index in [4.69, 9.17) is 11.6 Å². The van der Waals surface area contributed by atoms with E-state index in [2.05, 4.69) is 15.4 Å². The van der Waals surface area contributed by atoms with Gasteiger partial charge in [-0.1, -0.05) is 23.7 Å². The molecule has 1 aromatic heterocycles. The van der Waals surface area contributed by atoms with Crippen molar-refractivity contribution >= 4 is 29.9 Å². The Morgan fingerprint density at radius 3 is 2.39 bits per heavy atom. The summed E-state index contributed by atoms with van der Waals surface area (Å²) in [5.41, 5.74) is 0.795. The Morgan fingerprint density at radius 2 is 1.75 bits per heavy atom. The van der Waals surface area contributed by atoms with E-state index in [-0.39, 0.29) is 18.3 Å². The number of nitrogens with one attached hydrogen (secondary N) is 1. The van der Waals surface area contributed by atoms with Crippen molar-refractivity contribution in [3.63, 3.8) is 0 Å². The molecule has 5 rings (SSSR count). The van der Waals surface area contributed by atoms with Crippen LogP contribution in [0.15, 0.2) is 24.3 Å². The van der Waals surface area contributed by atoms with Gasteiger partial charge in [-0.15, -0.1) is 17.5 Å². The molecule has 3 fully saturated rings. The molecule has 3 heterocycles. The van der Waals surface area contributed by atoms with E-state index in [9.17, 15) is 4.79 Å². The summed E-state index contributed by atoms with van der Waals surface area (Å²) in [6.45, 7) is 3.75. The average molecular weight is 422 g/mol. The maximum Gasteiger partial charge on any atom is 0.293 e. The standard InChI is InChI=1S/C20H24ClN5O.ClH/c21-16-3-1-2-4-17(16)26-19(13-5-6-13)23-18(24-26)20(27)25-9-7-14-11-22-12-15(14)8-10-25;/h1-4,13-15,22H,5-12H2;1H/t14-,15+;. The van der Waals surface area contributed by atoms with Gasteiger partial charge >= 0.3 is 0 Å². The van der Waals surface area contributed by atoms with Crippen LogP contribution in [0.5, 0.6) is 0 Å². The number of fused-ring (bicyclic) bond motifs is 1. The molecular formula is C20H25Cl2N5O. The number of hydrogen-bond acceptors (Lipinski definition) is 4. The summed E-state index contributed by atoms with van der Waals surface area (Å²) in [6, 6.07) is 7.60. The summed E-state index contributed by atoms with van der Waals surface area (Å²) >= 11 is 6.38. The van der Waals surface area contributed by atoms with Gasteiger partial charge in [-0.25, -0.2) is 9.67 Å². The number of nitrogens with zero attached hydrogens (tertiary/aromatic N) is 4. The Kier molecular flexibility index (Phi) is 5.63. The van der Waals surface area contributed by atoms with Crippen molar-refractivity contribution in [2.45, 2.75) is 31.6 Å². The van der Waals surface area contributed by atoms with E-state index in [0.29, 0.717) is 28.6 Å². The third-order valence-corrected chi connectivity index (χ3v) is 6.47. The summed E-state index contributed by atoms with van der Waals surface area (Å²) in [7, 11) is 0. The van der Waals surface area contributed by atoms with Crippen molar-refractivity contribution in [3.8, 4) is 5.69 Å². The molecule has 1 saturated carbocycles. The van der Waals surface area contributed by atoms with Gasteiger partial charge in [0.15, 0.2) is 0 Å². The lowest BCUT2D eigenvalue weighted by atomic mass is 9.92. The smallest absolute Gasteiger partial charge is 0.293 e. The Bertz CT molecular complexity index is 852. The molecule has 0 unspecified atom stereocenters. The minimum absolute atomic E-state index is 0. The first-order valence-electron chi connectivity index (χ1n) is 9.92. The second kappa shape index (κ2) is 8.01. The van der Waals surface area contributed by atoms with E-state index >= 15 is 0 Å². The second-order valence-corrected chi connectivity index (χ2v) is 8.39. The van der Waals surface area contributed by atoms with E-state index < -0.39 is 0 Å². The topological polar surface area (TPSA) is 63.1 Å². The summed E-state index contributed by atoms with van der Waals surface area (Å²) in [6.07, 6.45) is 4.31. The fourth-order valence-corrected chi connectivity index (χ4v) is 4.60. The molecular weight excluding hydrogens is 397 g/mol. The van der Waals surface area contributed by atoms with Crippen LogP contribution in [0.25, 0.3) is 5.69 Å². The Labute approximate surface area is 176 Å². The molecule has 2 atom stereocenters. The molecule has 2 saturated heterocycles. The van der Waals surface area contributed by atoms with Gasteiger partial charge < -0.3 is 10.2 Å². The van der Waals surface area contributed by atoms with Gasteiger partial charge in [0.1, 0.15) is 5.82 Å². The number of carbonyl (C=O) groups excluding carboxylic acids is 1. The van der Waals surface area contributed by atoms with E-state index in [1.165, 1.54) is 0 Å². The van der Waals surface area contributed by atoms with E-state index in [1.807, 2.05) is 29.2 Å². The van der Waals surface area contributed by atoms with Gasteiger partial charge in [0.2, 0.25) is 5.82 Å². The molecule has 3 aliphatic rings. The molecule has 1 aromatic carbocycles. The first-order valence-corrected chi connectivity index (χ1v) is 10.3. The number of carbonyl (C=O) groups is 1. The van der Waals surface area contributed by atoms with Crippen LogP contribution in [0, 0.1) is 11.8 Å². The summed E-state index contributed by atoms with van der Waals surface area (Å²) < 4.78 is 1.78. The molecule has 0 bridgehead atoms. The van der Waals surface area contributed by atoms with Gasteiger partial charge in [-0.2, -0.15) is 0 Å². The number of aromatic nitrogens is 3. The maximum atomic E-state index is 13.1. The lowest BCUT2D eigenvalue weighted by Gasteiger charge is -2.19. The monoisotopic (exact) mass is 421 g/mol. The highest BCUT2D eigenvalue weighted by Gasteiger charge is 2.35. The van der Waals surface area contributed by atoms with Crippen LogP contribution in [0.3, 0.4) is 0 Å². The lowest BCUT2D eigenvalue weighted by Crippen LogP contribution is -2.33. The number of benzene rings is 1. The first-order chi connectivity index (χ1) is 13.2. The number of halogens is 2. The first kappa shape index (κ1) is 19.7. The predicted octanol–water partition coefficient (Wildman–Crippen LogP) is 3.29. The van der Waals surface area contributed by atoms with Gasteiger partial charge in [-0.05, 0) is 62.7 Å². The molecule has 8 heteroatoms. The fourth-order valence-electron chi connectivity index (χ4n) is 4.38. The highest BCUT2D eigenvalue weighted by atomic mass is 35.5. The van der Waals surface area contributed by atoms with Crippen LogP contribution in [-0.2, 0) is 0 Å². The van der Waals surface area contributed by atoms with Crippen LogP contribution in [0.1, 0.15) is 48.0 Å². The second-order valence-electron chi connectivity index (χ2n) is 7.98. The predicted molar refractivity (Wildman–Crippen MR) is 111 cm³/mol. The van der Waals surface area contributed by atoms with Gasteiger partial charge in [-0.3, -0.25) is 4.79 Å². The molecule has 0 radical (unpaired) electrons. The summed E-state index contributed by atoms with van der Waals surface area (Å²) in [5.74, 6) is 2.89. The zero-order valence-electron chi connectivity index (χ0n) is 15.7. The quantitative estimate of drug-likeness (QED) is 0.825. The Morgan fingerprint density at radius 1 is 1.07 bits per heavy atom. The van der Waals surface area contributed by atoms with E-state index in [0.717, 1.165) is 63.4 Å². The highest BCUT2D eigenvalue weighted by Crippen LogP contribution is 2.40. The lowest BCUT2D eigenvalue weighted by molar-refractivity contribution is 0.0746.